The molecular formula is C23H38N4. The molecule has 3 aliphatic carbocycles. The fourth-order valence-corrected chi connectivity index (χ4v) is 6.82. The van der Waals surface area contributed by atoms with Crippen LogP contribution in [0.3, 0.4) is 0 Å². The Morgan fingerprint density at radius 2 is 1.44 bits per heavy atom. The standard InChI is InChI=1S/C23H38N4/c1-15-13-19-20(14-16(15)2)24-25-23-21(19)22(17-9-5-3-6-10-17)26-27(23)18-11-7-4-8-12-18/h15-21,23H,3-14H2,1-2H3. The maximum Gasteiger partial charge on any atom is 0.166 e. The van der Waals surface area contributed by atoms with Crippen LogP contribution >= 0.6 is 0 Å². The largest absolute Gasteiger partial charge is 0.267 e. The predicted molar refractivity (Wildman–Crippen MR) is 110 cm³/mol. The van der Waals surface area contributed by atoms with Gasteiger partial charge in [-0.3, -0.25) is 5.01 Å². The minimum absolute atomic E-state index is 0.229. The van der Waals surface area contributed by atoms with E-state index in [1.165, 1.54) is 77.0 Å². The molecule has 3 saturated carbocycles. The highest BCUT2D eigenvalue weighted by Gasteiger charge is 2.52. The molecule has 6 atom stereocenters. The molecule has 0 bridgehead atoms. The second kappa shape index (κ2) is 7.48. The molecule has 5 aliphatic rings. The number of hydrazone groups is 1. The van der Waals surface area contributed by atoms with Gasteiger partial charge in [-0.15, -0.1) is 0 Å². The normalized spacial score (nSPS) is 43.3. The van der Waals surface area contributed by atoms with E-state index in [0.717, 1.165) is 17.8 Å². The van der Waals surface area contributed by atoms with Crippen LogP contribution in [0.2, 0.25) is 0 Å². The smallest absolute Gasteiger partial charge is 0.166 e. The average Bonchev–Trinajstić information content (AvgIpc) is 3.10. The van der Waals surface area contributed by atoms with Crippen molar-refractivity contribution >= 4 is 5.71 Å². The van der Waals surface area contributed by atoms with Crippen LogP contribution in [0, 0.1) is 29.6 Å². The maximum atomic E-state index is 5.41. The molecule has 3 fully saturated rings. The van der Waals surface area contributed by atoms with Crippen LogP contribution in [0.15, 0.2) is 15.3 Å². The highest BCUT2D eigenvalue weighted by atomic mass is 15.6. The first-order valence-electron chi connectivity index (χ1n) is 12.0. The van der Waals surface area contributed by atoms with E-state index >= 15 is 0 Å². The second-order valence-electron chi connectivity index (χ2n) is 10.4. The number of fused-ring (bicyclic) bond motifs is 3. The Kier molecular flexibility index (Phi) is 5.02. The molecule has 5 rings (SSSR count). The Bertz CT molecular complexity index is 587. The molecule has 0 radical (unpaired) electrons. The Hall–Kier alpha value is -0.930. The van der Waals surface area contributed by atoms with E-state index in [1.807, 2.05) is 0 Å². The van der Waals surface area contributed by atoms with Crippen LogP contribution in [0.1, 0.15) is 90.9 Å². The third-order valence-corrected chi connectivity index (χ3v) is 8.65. The molecule has 0 aromatic rings. The van der Waals surface area contributed by atoms with Crippen LogP contribution in [0.25, 0.3) is 0 Å². The van der Waals surface area contributed by atoms with E-state index < -0.39 is 0 Å². The molecule has 27 heavy (non-hydrogen) atoms. The number of hydrogen-bond donors (Lipinski definition) is 0. The van der Waals surface area contributed by atoms with Crippen LogP contribution < -0.4 is 0 Å². The van der Waals surface area contributed by atoms with E-state index in [1.54, 1.807) is 5.71 Å². The van der Waals surface area contributed by atoms with Crippen molar-refractivity contribution in [2.24, 2.45) is 44.9 Å². The minimum Gasteiger partial charge on any atom is -0.267 e. The van der Waals surface area contributed by atoms with E-state index in [4.69, 9.17) is 15.3 Å². The van der Waals surface area contributed by atoms with Crippen molar-refractivity contribution in [3.8, 4) is 0 Å². The monoisotopic (exact) mass is 370 g/mol. The molecule has 2 aliphatic heterocycles. The summed E-state index contributed by atoms with van der Waals surface area (Å²) in [4.78, 5) is 0. The Morgan fingerprint density at radius 1 is 0.778 bits per heavy atom. The van der Waals surface area contributed by atoms with Crippen molar-refractivity contribution < 1.29 is 0 Å². The first-order chi connectivity index (χ1) is 13.2. The van der Waals surface area contributed by atoms with Crippen molar-refractivity contribution in [3.05, 3.63) is 0 Å². The van der Waals surface area contributed by atoms with Crippen LogP contribution in [0.4, 0.5) is 0 Å². The average molecular weight is 371 g/mol. The van der Waals surface area contributed by atoms with Gasteiger partial charge < -0.3 is 0 Å². The fourth-order valence-electron chi connectivity index (χ4n) is 6.82. The summed E-state index contributed by atoms with van der Waals surface area (Å²) in [6.45, 7) is 4.88. The summed E-state index contributed by atoms with van der Waals surface area (Å²) in [6, 6.07) is 1.07. The quantitative estimate of drug-likeness (QED) is 0.585. The lowest BCUT2D eigenvalue weighted by Crippen LogP contribution is -2.49. The van der Waals surface area contributed by atoms with Crippen LogP contribution in [-0.4, -0.2) is 29.0 Å². The van der Waals surface area contributed by atoms with Gasteiger partial charge >= 0.3 is 0 Å². The van der Waals surface area contributed by atoms with Crippen LogP contribution in [-0.2, 0) is 0 Å². The Morgan fingerprint density at radius 3 is 2.19 bits per heavy atom. The highest BCUT2D eigenvalue weighted by molar-refractivity contribution is 5.91. The summed E-state index contributed by atoms with van der Waals surface area (Å²) in [5.74, 6) is 3.58. The number of rotatable bonds is 2. The molecule has 0 spiro atoms. The molecule has 0 saturated heterocycles. The summed E-state index contributed by atoms with van der Waals surface area (Å²) in [7, 11) is 0. The molecule has 150 valence electrons. The fraction of sp³-hybridized carbons (Fsp3) is 0.957. The molecule has 0 N–H and O–H groups in total. The molecule has 0 aromatic carbocycles. The maximum absolute atomic E-state index is 5.41. The lowest BCUT2D eigenvalue weighted by Gasteiger charge is -2.45. The first-order valence-corrected chi connectivity index (χ1v) is 12.0. The van der Waals surface area contributed by atoms with E-state index in [0.29, 0.717) is 23.9 Å². The Labute approximate surface area is 165 Å². The van der Waals surface area contributed by atoms with Gasteiger partial charge in [0.25, 0.3) is 0 Å². The van der Waals surface area contributed by atoms with Gasteiger partial charge in [0.05, 0.1) is 6.04 Å². The first kappa shape index (κ1) is 18.1. The van der Waals surface area contributed by atoms with E-state index in [2.05, 4.69) is 18.9 Å². The number of azo groups is 1. The van der Waals surface area contributed by atoms with Gasteiger partial charge in [-0.2, -0.15) is 15.3 Å². The lowest BCUT2D eigenvalue weighted by atomic mass is 9.64. The molecule has 4 nitrogen and oxygen atoms in total. The van der Waals surface area contributed by atoms with Crippen molar-refractivity contribution in [1.82, 2.24) is 5.01 Å². The third-order valence-electron chi connectivity index (χ3n) is 8.65. The van der Waals surface area contributed by atoms with Crippen molar-refractivity contribution in [2.45, 2.75) is 109 Å². The zero-order chi connectivity index (χ0) is 18.4. The lowest BCUT2D eigenvalue weighted by molar-refractivity contribution is 0.0478. The van der Waals surface area contributed by atoms with Gasteiger partial charge in [-0.25, -0.2) is 0 Å². The zero-order valence-corrected chi connectivity index (χ0v) is 17.4. The summed E-state index contributed by atoms with van der Waals surface area (Å²) >= 11 is 0. The summed E-state index contributed by atoms with van der Waals surface area (Å²) in [6.07, 6.45) is 16.5. The zero-order valence-electron chi connectivity index (χ0n) is 17.4. The van der Waals surface area contributed by atoms with Crippen LogP contribution in [0.5, 0.6) is 0 Å². The highest BCUT2D eigenvalue weighted by Crippen LogP contribution is 2.49. The summed E-state index contributed by atoms with van der Waals surface area (Å²) in [5, 5.41) is 17.8. The predicted octanol–water partition coefficient (Wildman–Crippen LogP) is 6.03. The minimum atomic E-state index is 0.229. The van der Waals surface area contributed by atoms with Gasteiger partial charge in [0.15, 0.2) is 6.17 Å². The molecule has 0 aromatic heterocycles. The third kappa shape index (κ3) is 3.25. The molecule has 2 heterocycles. The molecule has 4 heteroatoms. The molecule has 0 amide bonds. The van der Waals surface area contributed by atoms with E-state index in [9.17, 15) is 0 Å². The Balaban J connectivity index is 1.47. The summed E-state index contributed by atoms with van der Waals surface area (Å²) in [5.41, 5.74) is 1.56. The van der Waals surface area contributed by atoms with Gasteiger partial charge in [-0.1, -0.05) is 52.4 Å². The SMILES string of the molecule is CC1CC2N=NC3C(C(C4CCCCC4)=NN3C3CCCCC3)C2CC1C. The topological polar surface area (TPSA) is 40.3 Å². The van der Waals surface area contributed by atoms with Gasteiger partial charge in [0.2, 0.25) is 0 Å². The molecule has 6 unspecified atom stereocenters. The van der Waals surface area contributed by atoms with Gasteiger partial charge in [0, 0.05) is 17.7 Å². The second-order valence-corrected chi connectivity index (χ2v) is 10.4. The van der Waals surface area contributed by atoms with E-state index in [-0.39, 0.29) is 6.17 Å². The molecular weight excluding hydrogens is 332 g/mol. The van der Waals surface area contributed by atoms with Gasteiger partial charge in [-0.05, 0) is 62.2 Å². The summed E-state index contributed by atoms with van der Waals surface area (Å²) < 4.78 is 0. The van der Waals surface area contributed by atoms with Gasteiger partial charge in [0.1, 0.15) is 0 Å². The number of nitrogens with zero attached hydrogens (tertiary/aromatic N) is 4. The van der Waals surface area contributed by atoms with Crippen molar-refractivity contribution in [2.75, 3.05) is 0 Å². The van der Waals surface area contributed by atoms with Crippen molar-refractivity contribution in [3.63, 3.8) is 0 Å². The number of hydrogen-bond acceptors (Lipinski definition) is 4. The van der Waals surface area contributed by atoms with Crippen molar-refractivity contribution in [1.29, 1.82) is 0 Å².